The minimum absolute atomic E-state index is 0.0894. The number of hydrogen-bond acceptors (Lipinski definition) is 5. The first-order valence-corrected chi connectivity index (χ1v) is 10.4. The van der Waals surface area contributed by atoms with Crippen molar-refractivity contribution in [3.05, 3.63) is 35.7 Å². The lowest BCUT2D eigenvalue weighted by Crippen LogP contribution is -2.40. The van der Waals surface area contributed by atoms with Crippen LogP contribution in [0, 0.1) is 0 Å². The summed E-state index contributed by atoms with van der Waals surface area (Å²) in [5.41, 5.74) is 1.14. The van der Waals surface area contributed by atoms with Gasteiger partial charge in [0.25, 0.3) is 0 Å². The Morgan fingerprint density at radius 1 is 1.26 bits per heavy atom. The number of aromatic nitrogens is 3. The van der Waals surface area contributed by atoms with Crippen LogP contribution in [0.25, 0.3) is 0 Å². The molecule has 146 valence electrons. The predicted octanol–water partition coefficient (Wildman–Crippen LogP) is 3.34. The minimum atomic E-state index is -0.191. The van der Waals surface area contributed by atoms with Crippen LogP contribution >= 0.6 is 11.8 Å². The van der Waals surface area contributed by atoms with Crippen molar-refractivity contribution in [3.63, 3.8) is 0 Å². The number of carbonyl (C=O) groups excluding carboxylic acids is 1. The zero-order valence-corrected chi connectivity index (χ0v) is 17.1. The highest BCUT2D eigenvalue weighted by Gasteiger charge is 2.22. The van der Waals surface area contributed by atoms with E-state index in [9.17, 15) is 4.79 Å². The van der Waals surface area contributed by atoms with Gasteiger partial charge >= 0.3 is 0 Å². The quantitative estimate of drug-likeness (QED) is 0.737. The molecular formula is C20H28N4O2S. The van der Waals surface area contributed by atoms with Crippen LogP contribution in [0.3, 0.4) is 0 Å². The third kappa shape index (κ3) is 5.25. The van der Waals surface area contributed by atoms with E-state index < -0.39 is 0 Å². The zero-order chi connectivity index (χ0) is 19.2. The molecule has 1 N–H and O–H groups in total. The Morgan fingerprint density at radius 3 is 2.63 bits per heavy atom. The number of amides is 1. The third-order valence-electron chi connectivity index (χ3n) is 5.05. The molecule has 0 aliphatic heterocycles. The largest absolute Gasteiger partial charge is 0.497 e. The molecule has 6 nitrogen and oxygen atoms in total. The van der Waals surface area contributed by atoms with Crippen molar-refractivity contribution in [2.24, 2.45) is 7.05 Å². The Balaban J connectivity index is 1.57. The standard InChI is InChI=1S/C20H28N4O2S/c1-14(19(25)21-16-7-5-4-6-8-16)27-20-23-22-18(24(20)2)13-15-9-11-17(26-3)12-10-15/h9-12,14,16H,4-8,13H2,1-3H3,(H,21,25). The molecule has 0 saturated heterocycles. The number of nitrogens with one attached hydrogen (secondary N) is 1. The highest BCUT2D eigenvalue weighted by atomic mass is 32.2. The zero-order valence-electron chi connectivity index (χ0n) is 16.3. The number of carbonyl (C=O) groups is 1. The Kier molecular flexibility index (Phi) is 6.77. The van der Waals surface area contributed by atoms with E-state index >= 15 is 0 Å². The van der Waals surface area contributed by atoms with Gasteiger partial charge in [-0.25, -0.2) is 0 Å². The molecule has 0 spiro atoms. The smallest absolute Gasteiger partial charge is 0.233 e. The van der Waals surface area contributed by atoms with Gasteiger partial charge in [-0.15, -0.1) is 10.2 Å². The minimum Gasteiger partial charge on any atom is -0.497 e. The molecule has 2 aromatic rings. The summed E-state index contributed by atoms with van der Waals surface area (Å²) < 4.78 is 7.16. The Morgan fingerprint density at radius 2 is 1.96 bits per heavy atom. The van der Waals surface area contributed by atoms with Gasteiger partial charge in [-0.05, 0) is 37.5 Å². The average molecular weight is 389 g/mol. The Bertz CT molecular complexity index is 754. The molecule has 1 unspecified atom stereocenters. The number of hydrogen-bond donors (Lipinski definition) is 1. The highest BCUT2D eigenvalue weighted by Crippen LogP contribution is 2.24. The van der Waals surface area contributed by atoms with Gasteiger partial charge < -0.3 is 14.6 Å². The number of thioether (sulfide) groups is 1. The molecule has 0 radical (unpaired) electrons. The summed E-state index contributed by atoms with van der Waals surface area (Å²) in [6.45, 7) is 1.93. The number of methoxy groups -OCH3 is 1. The summed E-state index contributed by atoms with van der Waals surface area (Å²) in [5, 5.41) is 12.4. The molecule has 27 heavy (non-hydrogen) atoms. The first-order valence-electron chi connectivity index (χ1n) is 9.55. The second kappa shape index (κ2) is 9.26. The summed E-state index contributed by atoms with van der Waals surface area (Å²) in [6, 6.07) is 8.28. The number of nitrogens with zero attached hydrogens (tertiary/aromatic N) is 3. The van der Waals surface area contributed by atoms with Crippen molar-refractivity contribution in [1.29, 1.82) is 0 Å². The van der Waals surface area contributed by atoms with Crippen molar-refractivity contribution in [1.82, 2.24) is 20.1 Å². The summed E-state index contributed by atoms with van der Waals surface area (Å²) in [6.07, 6.45) is 6.59. The van der Waals surface area contributed by atoms with Crippen LogP contribution in [0.1, 0.15) is 50.4 Å². The second-order valence-corrected chi connectivity index (χ2v) is 8.39. The molecule has 1 aliphatic rings. The molecule has 1 fully saturated rings. The molecule has 1 aromatic heterocycles. The summed E-state index contributed by atoms with van der Waals surface area (Å²) in [4.78, 5) is 12.5. The predicted molar refractivity (Wildman–Crippen MR) is 107 cm³/mol. The van der Waals surface area contributed by atoms with Crippen LogP contribution in [-0.2, 0) is 18.3 Å². The lowest BCUT2D eigenvalue weighted by Gasteiger charge is -2.24. The van der Waals surface area contributed by atoms with Crippen LogP contribution in [0.5, 0.6) is 5.75 Å². The number of rotatable bonds is 7. The van der Waals surface area contributed by atoms with Crippen LogP contribution in [0.15, 0.2) is 29.4 Å². The molecule has 0 bridgehead atoms. The van der Waals surface area contributed by atoms with E-state index in [4.69, 9.17) is 4.74 Å². The molecule has 1 saturated carbocycles. The molecule has 1 atom stereocenters. The normalized spacial score (nSPS) is 16.1. The van der Waals surface area contributed by atoms with E-state index in [0.29, 0.717) is 12.5 Å². The van der Waals surface area contributed by atoms with Gasteiger partial charge in [0.05, 0.1) is 12.4 Å². The Labute approximate surface area is 165 Å². The van der Waals surface area contributed by atoms with Gasteiger partial charge in [0, 0.05) is 19.5 Å². The molecule has 1 amide bonds. The van der Waals surface area contributed by atoms with Crippen LogP contribution < -0.4 is 10.1 Å². The maximum absolute atomic E-state index is 12.5. The first-order chi connectivity index (χ1) is 13.1. The van der Waals surface area contributed by atoms with E-state index in [2.05, 4.69) is 15.5 Å². The molecule has 3 rings (SSSR count). The molecule has 1 aliphatic carbocycles. The average Bonchev–Trinajstić information content (AvgIpc) is 3.03. The third-order valence-corrected chi connectivity index (χ3v) is 6.18. The maximum atomic E-state index is 12.5. The SMILES string of the molecule is COc1ccc(Cc2nnc(SC(C)C(=O)NC3CCCCC3)n2C)cc1. The van der Waals surface area contributed by atoms with E-state index in [1.54, 1.807) is 7.11 Å². The fourth-order valence-electron chi connectivity index (χ4n) is 3.30. The van der Waals surface area contributed by atoms with Crippen molar-refractivity contribution in [2.45, 2.75) is 61.9 Å². The lowest BCUT2D eigenvalue weighted by molar-refractivity contribution is -0.121. The van der Waals surface area contributed by atoms with Crippen LogP contribution in [0.4, 0.5) is 0 Å². The van der Waals surface area contributed by atoms with Gasteiger partial charge in [0.15, 0.2) is 5.16 Å². The van der Waals surface area contributed by atoms with E-state index in [1.807, 2.05) is 42.8 Å². The molecule has 1 aromatic carbocycles. The topological polar surface area (TPSA) is 69.0 Å². The van der Waals surface area contributed by atoms with Crippen molar-refractivity contribution >= 4 is 17.7 Å². The number of benzene rings is 1. The molecule has 1 heterocycles. The lowest BCUT2D eigenvalue weighted by atomic mass is 9.95. The van der Waals surface area contributed by atoms with Gasteiger partial charge in [0.1, 0.15) is 11.6 Å². The summed E-state index contributed by atoms with van der Waals surface area (Å²) >= 11 is 1.46. The van der Waals surface area contributed by atoms with Crippen molar-refractivity contribution in [3.8, 4) is 5.75 Å². The maximum Gasteiger partial charge on any atom is 0.233 e. The fourth-order valence-corrected chi connectivity index (χ4v) is 4.15. The van der Waals surface area contributed by atoms with Gasteiger partial charge in [-0.1, -0.05) is 43.2 Å². The highest BCUT2D eigenvalue weighted by molar-refractivity contribution is 8.00. The molecule has 7 heteroatoms. The van der Waals surface area contributed by atoms with Crippen molar-refractivity contribution < 1.29 is 9.53 Å². The van der Waals surface area contributed by atoms with Gasteiger partial charge in [-0.3, -0.25) is 4.79 Å². The monoisotopic (exact) mass is 388 g/mol. The van der Waals surface area contributed by atoms with Crippen molar-refractivity contribution in [2.75, 3.05) is 7.11 Å². The van der Waals surface area contributed by atoms with Crippen LogP contribution in [-0.4, -0.2) is 39.1 Å². The number of ether oxygens (including phenoxy) is 1. The second-order valence-electron chi connectivity index (χ2n) is 7.09. The summed E-state index contributed by atoms with van der Waals surface area (Å²) in [7, 11) is 3.61. The first kappa shape index (κ1) is 19.7. The van der Waals surface area contributed by atoms with Gasteiger partial charge in [-0.2, -0.15) is 0 Å². The van der Waals surface area contributed by atoms with E-state index in [0.717, 1.165) is 35.1 Å². The van der Waals surface area contributed by atoms with E-state index in [1.165, 1.54) is 31.0 Å². The Hall–Kier alpha value is -2.02. The van der Waals surface area contributed by atoms with Gasteiger partial charge in [0.2, 0.25) is 5.91 Å². The summed E-state index contributed by atoms with van der Waals surface area (Å²) in [5.74, 6) is 1.81. The van der Waals surface area contributed by atoms with Crippen LogP contribution in [0.2, 0.25) is 0 Å². The molecular weight excluding hydrogens is 360 g/mol. The van der Waals surface area contributed by atoms with E-state index in [-0.39, 0.29) is 11.2 Å². The fraction of sp³-hybridized carbons (Fsp3) is 0.550.